The highest BCUT2D eigenvalue weighted by molar-refractivity contribution is 7.99. The second-order valence-corrected chi connectivity index (χ2v) is 4.35. The lowest BCUT2D eigenvalue weighted by Gasteiger charge is -2.00. The molecule has 0 spiro atoms. The van der Waals surface area contributed by atoms with Crippen LogP contribution in [0, 0.1) is 0 Å². The van der Waals surface area contributed by atoms with Crippen LogP contribution >= 0.6 is 11.8 Å². The Morgan fingerprint density at radius 2 is 2.62 bits per heavy atom. The zero-order valence-electron chi connectivity index (χ0n) is 7.40. The average Bonchev–Trinajstić information content (AvgIpc) is 2.70. The number of hydrogen-bond acceptors (Lipinski definition) is 4. The molecule has 0 saturated carbocycles. The normalized spacial score (nSPS) is 22.4. The van der Waals surface area contributed by atoms with Crippen LogP contribution in [-0.4, -0.2) is 28.2 Å². The molecule has 0 bridgehead atoms. The molecule has 1 fully saturated rings. The third-order valence-electron chi connectivity index (χ3n) is 2.24. The highest BCUT2D eigenvalue weighted by Gasteiger charge is 2.20. The van der Waals surface area contributed by atoms with E-state index in [0.29, 0.717) is 18.2 Å². The zero-order chi connectivity index (χ0) is 9.10. The van der Waals surface area contributed by atoms with E-state index in [1.165, 1.54) is 12.2 Å². The molecule has 13 heavy (non-hydrogen) atoms. The molecule has 4 heteroatoms. The number of thioether (sulfide) groups is 1. The molecule has 0 aromatic carbocycles. The van der Waals surface area contributed by atoms with E-state index < -0.39 is 0 Å². The summed E-state index contributed by atoms with van der Waals surface area (Å²) in [6.45, 7) is 0.110. The maximum Gasteiger partial charge on any atom is 0.196 e. The maximum atomic E-state index is 8.69. The number of hydrogen-bond donors (Lipinski definition) is 1. The van der Waals surface area contributed by atoms with Gasteiger partial charge in [-0.15, -0.1) is 0 Å². The van der Waals surface area contributed by atoms with Gasteiger partial charge in [-0.2, -0.15) is 11.8 Å². The largest absolute Gasteiger partial charge is 0.449 e. The van der Waals surface area contributed by atoms with E-state index in [2.05, 4.69) is 4.98 Å². The first-order chi connectivity index (χ1) is 6.40. The van der Waals surface area contributed by atoms with Gasteiger partial charge in [-0.05, 0) is 12.2 Å². The van der Waals surface area contributed by atoms with Crippen LogP contribution in [0.15, 0.2) is 10.7 Å². The van der Waals surface area contributed by atoms with E-state index >= 15 is 0 Å². The minimum atomic E-state index is 0.110. The van der Waals surface area contributed by atoms with Crippen molar-refractivity contribution in [3.63, 3.8) is 0 Å². The predicted molar refractivity (Wildman–Crippen MR) is 52.0 cm³/mol. The molecule has 1 aromatic rings. The Kier molecular flexibility index (Phi) is 2.90. The molecule has 72 valence electrons. The highest BCUT2D eigenvalue weighted by Crippen LogP contribution is 2.31. The van der Waals surface area contributed by atoms with Gasteiger partial charge in [0.1, 0.15) is 6.26 Å². The van der Waals surface area contributed by atoms with E-state index in [1.54, 1.807) is 6.26 Å². The molecule has 1 aliphatic rings. The number of rotatable bonds is 3. The summed E-state index contributed by atoms with van der Waals surface area (Å²) in [6, 6.07) is 0. The second-order valence-electron chi connectivity index (χ2n) is 3.20. The monoisotopic (exact) mass is 199 g/mol. The Hall–Kier alpha value is -0.480. The molecular formula is C9H13NO2S. The summed E-state index contributed by atoms with van der Waals surface area (Å²) in [5, 5.41) is 8.69. The van der Waals surface area contributed by atoms with Crippen LogP contribution in [0.1, 0.15) is 23.9 Å². The minimum absolute atomic E-state index is 0.110. The van der Waals surface area contributed by atoms with Gasteiger partial charge in [0.15, 0.2) is 5.89 Å². The number of oxazole rings is 1. The van der Waals surface area contributed by atoms with Crippen LogP contribution in [0.2, 0.25) is 0 Å². The standard InChI is InChI=1S/C9H13NO2S/c11-3-1-9-10-8(5-12-9)7-2-4-13-6-7/h5,7,11H,1-4,6H2. The van der Waals surface area contributed by atoms with E-state index in [0.717, 1.165) is 11.4 Å². The van der Waals surface area contributed by atoms with Crippen molar-refractivity contribution >= 4 is 11.8 Å². The molecule has 0 aliphatic carbocycles. The first kappa shape index (κ1) is 9.09. The van der Waals surface area contributed by atoms with Crippen molar-refractivity contribution in [2.75, 3.05) is 18.1 Å². The molecule has 1 saturated heterocycles. The van der Waals surface area contributed by atoms with E-state index in [1.807, 2.05) is 11.8 Å². The molecule has 1 aromatic heterocycles. The lowest BCUT2D eigenvalue weighted by atomic mass is 10.1. The molecule has 0 radical (unpaired) electrons. The first-order valence-corrected chi connectivity index (χ1v) is 5.68. The highest BCUT2D eigenvalue weighted by atomic mass is 32.2. The van der Waals surface area contributed by atoms with Crippen molar-refractivity contribution in [3.8, 4) is 0 Å². The van der Waals surface area contributed by atoms with Gasteiger partial charge in [0, 0.05) is 18.1 Å². The van der Waals surface area contributed by atoms with Crippen LogP contribution in [0.25, 0.3) is 0 Å². The summed E-state index contributed by atoms with van der Waals surface area (Å²) >= 11 is 1.97. The summed E-state index contributed by atoms with van der Waals surface area (Å²) < 4.78 is 5.24. The van der Waals surface area contributed by atoms with Gasteiger partial charge in [0.2, 0.25) is 0 Å². The first-order valence-electron chi connectivity index (χ1n) is 4.53. The van der Waals surface area contributed by atoms with E-state index in [9.17, 15) is 0 Å². The van der Waals surface area contributed by atoms with Crippen molar-refractivity contribution in [1.82, 2.24) is 4.98 Å². The van der Waals surface area contributed by atoms with Gasteiger partial charge < -0.3 is 9.52 Å². The molecule has 1 N–H and O–H groups in total. The number of aliphatic hydroxyl groups is 1. The van der Waals surface area contributed by atoms with Crippen molar-refractivity contribution in [2.24, 2.45) is 0 Å². The van der Waals surface area contributed by atoms with Crippen LogP contribution in [0.3, 0.4) is 0 Å². The van der Waals surface area contributed by atoms with Crippen LogP contribution in [0.4, 0.5) is 0 Å². The van der Waals surface area contributed by atoms with Crippen LogP contribution < -0.4 is 0 Å². The Balaban J connectivity index is 2.03. The Labute approximate surface area is 81.5 Å². The summed E-state index contributed by atoms with van der Waals surface area (Å²) in [5.41, 5.74) is 1.06. The third-order valence-corrected chi connectivity index (χ3v) is 3.41. The third kappa shape index (κ3) is 2.06. The van der Waals surface area contributed by atoms with Gasteiger partial charge >= 0.3 is 0 Å². The van der Waals surface area contributed by atoms with Gasteiger partial charge in [-0.25, -0.2) is 4.98 Å². The van der Waals surface area contributed by atoms with Crippen molar-refractivity contribution in [2.45, 2.75) is 18.8 Å². The molecule has 1 unspecified atom stereocenters. The van der Waals surface area contributed by atoms with E-state index in [4.69, 9.17) is 9.52 Å². The SMILES string of the molecule is OCCc1nc(C2CCSC2)co1. The van der Waals surface area contributed by atoms with Crippen molar-refractivity contribution in [3.05, 3.63) is 17.8 Å². The molecule has 3 nitrogen and oxygen atoms in total. The summed E-state index contributed by atoms with van der Waals surface area (Å²) in [7, 11) is 0. The Morgan fingerprint density at radius 3 is 3.31 bits per heavy atom. The fraction of sp³-hybridized carbons (Fsp3) is 0.667. The van der Waals surface area contributed by atoms with Gasteiger partial charge in [0.05, 0.1) is 12.3 Å². The smallest absolute Gasteiger partial charge is 0.196 e. The quantitative estimate of drug-likeness (QED) is 0.800. The average molecular weight is 199 g/mol. The van der Waals surface area contributed by atoms with E-state index in [-0.39, 0.29) is 6.61 Å². The molecule has 0 amide bonds. The molecule has 2 heterocycles. The Morgan fingerprint density at radius 1 is 1.69 bits per heavy atom. The van der Waals surface area contributed by atoms with Crippen LogP contribution in [0.5, 0.6) is 0 Å². The summed E-state index contributed by atoms with van der Waals surface area (Å²) in [6.07, 6.45) is 3.47. The minimum Gasteiger partial charge on any atom is -0.449 e. The summed E-state index contributed by atoms with van der Waals surface area (Å²) in [5.74, 6) is 3.62. The van der Waals surface area contributed by atoms with Crippen LogP contribution in [-0.2, 0) is 6.42 Å². The fourth-order valence-corrected chi connectivity index (χ4v) is 2.73. The molecular weight excluding hydrogens is 186 g/mol. The topological polar surface area (TPSA) is 46.3 Å². The predicted octanol–water partition coefficient (Wildman–Crippen LogP) is 1.43. The van der Waals surface area contributed by atoms with Crippen molar-refractivity contribution < 1.29 is 9.52 Å². The fourth-order valence-electron chi connectivity index (χ4n) is 1.49. The van der Waals surface area contributed by atoms with Crippen molar-refractivity contribution in [1.29, 1.82) is 0 Å². The maximum absolute atomic E-state index is 8.69. The Bertz CT molecular complexity index is 268. The molecule has 2 rings (SSSR count). The van der Waals surface area contributed by atoms with Gasteiger partial charge in [-0.3, -0.25) is 0 Å². The lowest BCUT2D eigenvalue weighted by Crippen LogP contribution is -1.97. The molecule has 1 aliphatic heterocycles. The summed E-state index contributed by atoms with van der Waals surface area (Å²) in [4.78, 5) is 4.34. The number of aromatic nitrogens is 1. The second kappa shape index (κ2) is 4.15. The zero-order valence-corrected chi connectivity index (χ0v) is 8.22. The number of aliphatic hydroxyl groups excluding tert-OH is 1. The van der Waals surface area contributed by atoms with Gasteiger partial charge in [0.25, 0.3) is 0 Å². The lowest BCUT2D eigenvalue weighted by molar-refractivity contribution is 0.285. The van der Waals surface area contributed by atoms with Gasteiger partial charge in [-0.1, -0.05) is 0 Å². The number of nitrogens with zero attached hydrogens (tertiary/aromatic N) is 1. The molecule has 1 atom stereocenters.